The molecule has 1 aromatic heterocycles. The Kier molecular flexibility index (Phi) is 4.87. The highest BCUT2D eigenvalue weighted by molar-refractivity contribution is 5.92. The lowest BCUT2D eigenvalue weighted by Gasteiger charge is -2.27. The predicted octanol–water partition coefficient (Wildman–Crippen LogP) is 1.54. The summed E-state index contributed by atoms with van der Waals surface area (Å²) in [6, 6.07) is 1.76. The summed E-state index contributed by atoms with van der Waals surface area (Å²) in [6.07, 6.45) is 5.02. The van der Waals surface area contributed by atoms with Crippen molar-refractivity contribution in [1.29, 1.82) is 0 Å². The Labute approximate surface area is 131 Å². The number of hydrogen-bond donors (Lipinski definition) is 1. The highest BCUT2D eigenvalue weighted by Crippen LogP contribution is 2.23. The van der Waals surface area contributed by atoms with Crippen LogP contribution in [-0.4, -0.2) is 48.7 Å². The Balaban J connectivity index is 1.66. The van der Waals surface area contributed by atoms with E-state index in [1.807, 2.05) is 6.92 Å². The molecule has 1 N–H and O–H groups in total. The van der Waals surface area contributed by atoms with E-state index in [-0.39, 0.29) is 5.91 Å². The Hall–Kier alpha value is -1.69. The van der Waals surface area contributed by atoms with Gasteiger partial charge in [-0.3, -0.25) is 4.79 Å². The highest BCUT2D eigenvalue weighted by Gasteiger charge is 2.19. The molecular formula is C16H24N4O2. The first kappa shape index (κ1) is 15.2. The maximum absolute atomic E-state index is 12.3. The molecule has 0 bridgehead atoms. The van der Waals surface area contributed by atoms with Crippen LogP contribution in [0.4, 0.5) is 5.95 Å². The minimum atomic E-state index is -0.0908. The first-order chi connectivity index (χ1) is 10.7. The Morgan fingerprint density at radius 1 is 1.32 bits per heavy atom. The Morgan fingerprint density at radius 3 is 2.77 bits per heavy atom. The van der Waals surface area contributed by atoms with Crippen LogP contribution in [-0.2, 0) is 4.74 Å². The molecule has 1 saturated carbocycles. The second-order valence-corrected chi connectivity index (χ2v) is 6.15. The van der Waals surface area contributed by atoms with Crippen molar-refractivity contribution in [2.45, 2.75) is 32.6 Å². The average Bonchev–Trinajstić information content (AvgIpc) is 3.06. The normalized spacial score (nSPS) is 19.4. The Morgan fingerprint density at radius 2 is 2.05 bits per heavy atom. The van der Waals surface area contributed by atoms with Crippen LogP contribution in [0.5, 0.6) is 0 Å². The van der Waals surface area contributed by atoms with Crippen molar-refractivity contribution in [3.63, 3.8) is 0 Å². The third kappa shape index (κ3) is 3.74. The molecule has 1 aliphatic heterocycles. The molecule has 120 valence electrons. The molecule has 2 fully saturated rings. The van der Waals surface area contributed by atoms with Crippen LogP contribution < -0.4 is 10.2 Å². The summed E-state index contributed by atoms with van der Waals surface area (Å²) in [5, 5.41) is 3.03. The Bertz CT molecular complexity index is 523. The minimum Gasteiger partial charge on any atom is -0.378 e. The number of morpholine rings is 1. The summed E-state index contributed by atoms with van der Waals surface area (Å²) in [4.78, 5) is 23.3. The smallest absolute Gasteiger partial charge is 0.270 e. The average molecular weight is 304 g/mol. The van der Waals surface area contributed by atoms with Gasteiger partial charge in [0.25, 0.3) is 5.91 Å². The summed E-state index contributed by atoms with van der Waals surface area (Å²) in [6.45, 7) is 5.56. The fourth-order valence-corrected chi connectivity index (χ4v) is 3.12. The minimum absolute atomic E-state index is 0.0908. The molecule has 6 heteroatoms. The molecule has 1 amide bonds. The molecule has 1 aromatic rings. The molecule has 2 aliphatic rings. The van der Waals surface area contributed by atoms with E-state index in [0.29, 0.717) is 30.8 Å². The molecule has 0 unspecified atom stereocenters. The molecule has 6 nitrogen and oxygen atoms in total. The van der Waals surface area contributed by atoms with Gasteiger partial charge in [0.05, 0.1) is 13.2 Å². The summed E-state index contributed by atoms with van der Waals surface area (Å²) in [7, 11) is 0. The van der Waals surface area contributed by atoms with E-state index >= 15 is 0 Å². The van der Waals surface area contributed by atoms with Gasteiger partial charge in [-0.2, -0.15) is 0 Å². The molecule has 0 aromatic carbocycles. The van der Waals surface area contributed by atoms with E-state index < -0.39 is 0 Å². The maximum Gasteiger partial charge on any atom is 0.270 e. The van der Waals surface area contributed by atoms with Crippen LogP contribution in [0, 0.1) is 12.8 Å². The van der Waals surface area contributed by atoms with E-state index in [0.717, 1.165) is 25.3 Å². The number of anilines is 1. The zero-order valence-electron chi connectivity index (χ0n) is 13.2. The van der Waals surface area contributed by atoms with E-state index in [4.69, 9.17) is 4.74 Å². The number of aryl methyl sites for hydroxylation is 1. The fraction of sp³-hybridized carbons (Fsp3) is 0.688. The van der Waals surface area contributed by atoms with Crippen molar-refractivity contribution < 1.29 is 9.53 Å². The zero-order chi connectivity index (χ0) is 15.4. The summed E-state index contributed by atoms with van der Waals surface area (Å²) < 4.78 is 5.35. The summed E-state index contributed by atoms with van der Waals surface area (Å²) >= 11 is 0. The number of ether oxygens (including phenoxy) is 1. The van der Waals surface area contributed by atoms with Crippen molar-refractivity contribution in [3.8, 4) is 0 Å². The van der Waals surface area contributed by atoms with Crippen LogP contribution in [0.2, 0.25) is 0 Å². The third-order valence-electron chi connectivity index (χ3n) is 4.40. The van der Waals surface area contributed by atoms with E-state index in [1.54, 1.807) is 6.07 Å². The SMILES string of the molecule is Cc1cc(C(=O)NCC2CCCC2)nc(N2CCOCC2)n1. The van der Waals surface area contributed by atoms with Crippen LogP contribution in [0.25, 0.3) is 0 Å². The zero-order valence-corrected chi connectivity index (χ0v) is 13.2. The number of carbonyl (C=O) groups excluding carboxylic acids is 1. The van der Waals surface area contributed by atoms with Gasteiger partial charge in [0, 0.05) is 25.3 Å². The van der Waals surface area contributed by atoms with Crippen LogP contribution >= 0.6 is 0 Å². The van der Waals surface area contributed by atoms with Crippen molar-refractivity contribution in [1.82, 2.24) is 15.3 Å². The van der Waals surface area contributed by atoms with Gasteiger partial charge < -0.3 is 15.0 Å². The van der Waals surface area contributed by atoms with Gasteiger partial charge in [-0.1, -0.05) is 12.8 Å². The number of carbonyl (C=O) groups is 1. The van der Waals surface area contributed by atoms with Crippen molar-refractivity contribution in [2.24, 2.45) is 5.92 Å². The molecule has 3 rings (SSSR count). The quantitative estimate of drug-likeness (QED) is 0.914. The van der Waals surface area contributed by atoms with Gasteiger partial charge in [-0.05, 0) is 31.7 Å². The number of amides is 1. The molecule has 0 spiro atoms. The van der Waals surface area contributed by atoms with E-state index in [9.17, 15) is 4.79 Å². The molecular weight excluding hydrogens is 280 g/mol. The third-order valence-corrected chi connectivity index (χ3v) is 4.40. The second-order valence-electron chi connectivity index (χ2n) is 6.15. The van der Waals surface area contributed by atoms with Crippen LogP contribution in [0.3, 0.4) is 0 Å². The lowest BCUT2D eigenvalue weighted by Crippen LogP contribution is -2.38. The van der Waals surface area contributed by atoms with E-state index in [1.165, 1.54) is 25.7 Å². The van der Waals surface area contributed by atoms with E-state index in [2.05, 4.69) is 20.2 Å². The van der Waals surface area contributed by atoms with Crippen LogP contribution in [0.1, 0.15) is 41.9 Å². The topological polar surface area (TPSA) is 67.4 Å². The standard InChI is InChI=1S/C16H24N4O2/c1-12-10-14(15(21)17-11-13-4-2-3-5-13)19-16(18-12)20-6-8-22-9-7-20/h10,13H,2-9,11H2,1H3,(H,17,21). The lowest BCUT2D eigenvalue weighted by molar-refractivity contribution is 0.0942. The molecule has 1 aliphatic carbocycles. The fourth-order valence-electron chi connectivity index (χ4n) is 3.12. The number of hydrogen-bond acceptors (Lipinski definition) is 5. The monoisotopic (exact) mass is 304 g/mol. The number of aromatic nitrogens is 2. The molecule has 0 atom stereocenters. The first-order valence-electron chi connectivity index (χ1n) is 8.19. The molecule has 22 heavy (non-hydrogen) atoms. The maximum atomic E-state index is 12.3. The second kappa shape index (κ2) is 7.05. The van der Waals surface area contributed by atoms with Crippen molar-refractivity contribution >= 4 is 11.9 Å². The van der Waals surface area contributed by atoms with Crippen LogP contribution in [0.15, 0.2) is 6.07 Å². The van der Waals surface area contributed by atoms with Gasteiger partial charge >= 0.3 is 0 Å². The van der Waals surface area contributed by atoms with Crippen molar-refractivity contribution in [3.05, 3.63) is 17.5 Å². The largest absolute Gasteiger partial charge is 0.378 e. The molecule has 1 saturated heterocycles. The van der Waals surface area contributed by atoms with Gasteiger partial charge in [-0.25, -0.2) is 9.97 Å². The van der Waals surface area contributed by atoms with Gasteiger partial charge in [0.1, 0.15) is 5.69 Å². The molecule has 2 heterocycles. The first-order valence-corrected chi connectivity index (χ1v) is 8.19. The van der Waals surface area contributed by atoms with Gasteiger partial charge in [0.2, 0.25) is 5.95 Å². The number of rotatable bonds is 4. The molecule has 0 radical (unpaired) electrons. The van der Waals surface area contributed by atoms with Crippen molar-refractivity contribution in [2.75, 3.05) is 37.7 Å². The van der Waals surface area contributed by atoms with Gasteiger partial charge in [0.15, 0.2) is 0 Å². The number of nitrogens with one attached hydrogen (secondary N) is 1. The predicted molar refractivity (Wildman–Crippen MR) is 84.1 cm³/mol. The number of nitrogens with zero attached hydrogens (tertiary/aromatic N) is 3. The van der Waals surface area contributed by atoms with Gasteiger partial charge in [-0.15, -0.1) is 0 Å². The summed E-state index contributed by atoms with van der Waals surface area (Å²) in [5.41, 5.74) is 1.29. The highest BCUT2D eigenvalue weighted by atomic mass is 16.5. The lowest BCUT2D eigenvalue weighted by atomic mass is 10.1. The summed E-state index contributed by atoms with van der Waals surface area (Å²) in [5.74, 6) is 1.17.